The Morgan fingerprint density at radius 2 is 2.00 bits per heavy atom. The molecule has 1 atom stereocenters. The Morgan fingerprint density at radius 1 is 1.31 bits per heavy atom. The van der Waals surface area contributed by atoms with Gasteiger partial charge in [0.1, 0.15) is 6.10 Å². The summed E-state index contributed by atoms with van der Waals surface area (Å²) in [4.78, 5) is 40.3. The summed E-state index contributed by atoms with van der Waals surface area (Å²) in [6.45, 7) is 5.74. The van der Waals surface area contributed by atoms with E-state index in [2.05, 4.69) is 10.3 Å². The maximum absolute atomic E-state index is 12.7. The number of nitrogens with one attached hydrogen (secondary N) is 2. The summed E-state index contributed by atoms with van der Waals surface area (Å²) in [5.74, 6) is -0.248. The van der Waals surface area contributed by atoms with Gasteiger partial charge in [-0.25, -0.2) is 4.79 Å². The van der Waals surface area contributed by atoms with E-state index in [4.69, 9.17) is 4.74 Å². The van der Waals surface area contributed by atoms with E-state index in [0.717, 1.165) is 11.1 Å². The van der Waals surface area contributed by atoms with E-state index in [9.17, 15) is 14.4 Å². The van der Waals surface area contributed by atoms with Crippen LogP contribution in [0.3, 0.4) is 0 Å². The molecule has 0 spiro atoms. The number of benzene rings is 1. The van der Waals surface area contributed by atoms with Gasteiger partial charge in [0.2, 0.25) is 11.7 Å². The number of H-pyrrole nitrogens is 1. The highest BCUT2D eigenvalue weighted by atomic mass is 16.6. The van der Waals surface area contributed by atoms with Crippen molar-refractivity contribution in [2.24, 2.45) is 0 Å². The van der Waals surface area contributed by atoms with E-state index in [1.165, 1.54) is 11.8 Å². The van der Waals surface area contributed by atoms with Gasteiger partial charge in [0, 0.05) is 24.4 Å². The van der Waals surface area contributed by atoms with Crippen LogP contribution in [0.2, 0.25) is 0 Å². The Hall–Kier alpha value is -3.09. The van der Waals surface area contributed by atoms with Gasteiger partial charge in [0.15, 0.2) is 0 Å². The van der Waals surface area contributed by atoms with E-state index in [1.54, 1.807) is 18.3 Å². The number of carbonyl (C=O) groups excluding carboxylic acids is 3. The number of nitrogens with zero attached hydrogens (tertiary/aromatic N) is 1. The molecule has 1 unspecified atom stereocenters. The van der Waals surface area contributed by atoms with Crippen molar-refractivity contribution < 1.29 is 19.1 Å². The van der Waals surface area contributed by atoms with Crippen molar-refractivity contribution in [3.63, 3.8) is 0 Å². The number of cyclic esters (lactones) is 1. The summed E-state index contributed by atoms with van der Waals surface area (Å²) in [5.41, 5.74) is 3.41. The van der Waals surface area contributed by atoms with Crippen LogP contribution in [0.1, 0.15) is 34.1 Å². The molecule has 0 aliphatic carbocycles. The van der Waals surface area contributed by atoms with Crippen molar-refractivity contribution in [2.45, 2.75) is 26.9 Å². The van der Waals surface area contributed by atoms with Crippen LogP contribution in [0.25, 0.3) is 0 Å². The molecule has 1 fully saturated rings. The van der Waals surface area contributed by atoms with Crippen molar-refractivity contribution in [1.29, 1.82) is 0 Å². The zero-order valence-electron chi connectivity index (χ0n) is 15.0. The van der Waals surface area contributed by atoms with Crippen LogP contribution in [-0.4, -0.2) is 42.0 Å². The number of ketones is 1. The number of ether oxygens (including phenoxy) is 1. The van der Waals surface area contributed by atoms with E-state index < -0.39 is 12.2 Å². The summed E-state index contributed by atoms with van der Waals surface area (Å²) in [7, 11) is 0. The largest absolute Gasteiger partial charge is 0.442 e. The van der Waals surface area contributed by atoms with Crippen LogP contribution in [-0.2, 0) is 9.53 Å². The molecule has 1 aromatic heterocycles. The SMILES string of the molecule is CC(=O)NCC1CN(c2cc(C)c(C(=O)c3ccc[nH]3)c(C)c2)C(=O)O1. The van der Waals surface area contributed by atoms with Gasteiger partial charge >= 0.3 is 6.09 Å². The lowest BCUT2D eigenvalue weighted by Gasteiger charge is -2.17. The van der Waals surface area contributed by atoms with Crippen molar-refractivity contribution in [1.82, 2.24) is 10.3 Å². The third-order valence-electron chi connectivity index (χ3n) is 4.35. The van der Waals surface area contributed by atoms with Crippen LogP contribution in [0.4, 0.5) is 10.5 Å². The molecule has 26 heavy (non-hydrogen) atoms. The molecule has 3 rings (SSSR count). The fraction of sp³-hybridized carbons (Fsp3) is 0.316. The number of aryl methyl sites for hydroxylation is 2. The van der Waals surface area contributed by atoms with E-state index in [0.29, 0.717) is 23.5 Å². The van der Waals surface area contributed by atoms with Gasteiger partial charge in [0.05, 0.1) is 18.8 Å². The minimum atomic E-state index is -0.456. The Labute approximate surface area is 151 Å². The quantitative estimate of drug-likeness (QED) is 0.805. The molecule has 7 heteroatoms. The average molecular weight is 355 g/mol. The number of hydrogen-bond donors (Lipinski definition) is 2. The zero-order chi connectivity index (χ0) is 18.8. The summed E-state index contributed by atoms with van der Waals surface area (Å²) in [6.07, 6.45) is 0.858. The van der Waals surface area contributed by atoms with Gasteiger partial charge in [-0.15, -0.1) is 0 Å². The number of hydrogen-bond acceptors (Lipinski definition) is 4. The molecule has 1 aromatic carbocycles. The van der Waals surface area contributed by atoms with Gasteiger partial charge in [-0.3, -0.25) is 14.5 Å². The number of aromatic nitrogens is 1. The first-order valence-corrected chi connectivity index (χ1v) is 8.38. The van der Waals surface area contributed by atoms with Gasteiger partial charge < -0.3 is 15.0 Å². The van der Waals surface area contributed by atoms with Crippen molar-refractivity contribution in [2.75, 3.05) is 18.0 Å². The Balaban J connectivity index is 1.83. The van der Waals surface area contributed by atoms with Crippen molar-refractivity contribution >= 4 is 23.5 Å². The van der Waals surface area contributed by atoms with Gasteiger partial charge in [-0.2, -0.15) is 0 Å². The molecule has 1 aliphatic heterocycles. The van der Waals surface area contributed by atoms with Gasteiger partial charge in [-0.1, -0.05) is 0 Å². The number of aromatic amines is 1. The fourth-order valence-electron chi connectivity index (χ4n) is 3.16. The summed E-state index contributed by atoms with van der Waals surface area (Å²) in [6, 6.07) is 7.14. The molecule has 0 radical (unpaired) electrons. The van der Waals surface area contributed by atoms with E-state index in [-0.39, 0.29) is 18.2 Å². The van der Waals surface area contributed by atoms with Gasteiger partial charge in [0.25, 0.3) is 0 Å². The minimum absolute atomic E-state index is 0.0796. The first-order valence-electron chi connectivity index (χ1n) is 8.38. The molecule has 2 heterocycles. The number of amides is 2. The lowest BCUT2D eigenvalue weighted by molar-refractivity contribution is -0.119. The molecule has 0 saturated carbocycles. The highest BCUT2D eigenvalue weighted by Gasteiger charge is 2.33. The second-order valence-electron chi connectivity index (χ2n) is 6.42. The highest BCUT2D eigenvalue weighted by molar-refractivity contribution is 6.10. The summed E-state index contributed by atoms with van der Waals surface area (Å²) < 4.78 is 5.30. The zero-order valence-corrected chi connectivity index (χ0v) is 15.0. The number of rotatable bonds is 5. The topological polar surface area (TPSA) is 91.5 Å². The lowest BCUT2D eigenvalue weighted by Crippen LogP contribution is -2.33. The first kappa shape index (κ1) is 17.7. The molecular weight excluding hydrogens is 334 g/mol. The fourth-order valence-corrected chi connectivity index (χ4v) is 3.16. The molecule has 1 aliphatic rings. The number of anilines is 1. The van der Waals surface area contributed by atoms with Crippen molar-refractivity contribution in [3.8, 4) is 0 Å². The molecule has 136 valence electrons. The average Bonchev–Trinajstić information content (AvgIpc) is 3.21. The Bertz CT molecular complexity index is 835. The van der Waals surface area contributed by atoms with Crippen LogP contribution >= 0.6 is 0 Å². The van der Waals surface area contributed by atoms with E-state index in [1.807, 2.05) is 26.0 Å². The Morgan fingerprint density at radius 3 is 2.58 bits per heavy atom. The predicted octanol–water partition coefficient (Wildman–Crippen LogP) is 2.32. The third kappa shape index (κ3) is 3.46. The third-order valence-corrected chi connectivity index (χ3v) is 4.35. The molecule has 2 amide bonds. The van der Waals surface area contributed by atoms with Crippen LogP contribution < -0.4 is 10.2 Å². The molecule has 1 saturated heterocycles. The predicted molar refractivity (Wildman–Crippen MR) is 96.4 cm³/mol. The van der Waals surface area contributed by atoms with Crippen LogP contribution in [0.15, 0.2) is 30.5 Å². The maximum atomic E-state index is 12.7. The lowest BCUT2D eigenvalue weighted by atomic mass is 9.96. The van der Waals surface area contributed by atoms with E-state index >= 15 is 0 Å². The molecule has 2 aromatic rings. The molecule has 0 bridgehead atoms. The van der Waals surface area contributed by atoms with Gasteiger partial charge in [-0.05, 0) is 49.2 Å². The van der Waals surface area contributed by atoms with Crippen LogP contribution in [0, 0.1) is 13.8 Å². The highest BCUT2D eigenvalue weighted by Crippen LogP contribution is 2.28. The Kier molecular flexibility index (Phi) is 4.79. The van der Waals surface area contributed by atoms with Crippen LogP contribution in [0.5, 0.6) is 0 Å². The second-order valence-corrected chi connectivity index (χ2v) is 6.42. The number of carbonyl (C=O) groups is 3. The first-order chi connectivity index (χ1) is 12.4. The monoisotopic (exact) mass is 355 g/mol. The smallest absolute Gasteiger partial charge is 0.414 e. The molecule has 7 nitrogen and oxygen atoms in total. The molecular formula is C19H21N3O4. The molecule has 2 N–H and O–H groups in total. The summed E-state index contributed by atoms with van der Waals surface area (Å²) >= 11 is 0. The normalized spacial score (nSPS) is 16.5. The summed E-state index contributed by atoms with van der Waals surface area (Å²) in [5, 5.41) is 2.65. The maximum Gasteiger partial charge on any atom is 0.414 e. The van der Waals surface area contributed by atoms with Crippen molar-refractivity contribution in [3.05, 3.63) is 52.8 Å². The second kappa shape index (κ2) is 7.03. The standard InChI is InChI=1S/C19H21N3O4/c1-11-7-14(22-10-15(26-19(22)25)9-21-13(3)23)8-12(2)17(11)18(24)16-5-4-6-20-16/h4-8,15,20H,9-10H2,1-3H3,(H,21,23). The minimum Gasteiger partial charge on any atom is -0.442 e.